The highest BCUT2D eigenvalue weighted by Gasteiger charge is 2.33. The summed E-state index contributed by atoms with van der Waals surface area (Å²) in [5.41, 5.74) is 8.38. The standard InChI is InChI=1S/C18H27N5O.C3H6/c1-4-16-12(2)23(11-15-10-20-22(3)17(15)21-16)18(24)14-7-5-13(9-19)6-8-14;1-3-2/h4,10,13-14,21H,2,5-9,11,19H2,1,3H3;3H,1H2,2H3/b16-4+;. The van der Waals surface area contributed by atoms with Crippen LogP contribution in [-0.4, -0.2) is 27.1 Å². The van der Waals surface area contributed by atoms with E-state index in [1.54, 1.807) is 10.8 Å². The van der Waals surface area contributed by atoms with E-state index in [2.05, 4.69) is 23.6 Å². The largest absolute Gasteiger partial charge is 0.339 e. The van der Waals surface area contributed by atoms with E-state index in [0.717, 1.165) is 55.0 Å². The predicted molar refractivity (Wildman–Crippen MR) is 111 cm³/mol. The fourth-order valence-electron chi connectivity index (χ4n) is 3.69. The van der Waals surface area contributed by atoms with Crippen molar-refractivity contribution in [3.63, 3.8) is 0 Å². The van der Waals surface area contributed by atoms with Gasteiger partial charge in [0.15, 0.2) is 0 Å². The minimum Gasteiger partial charge on any atom is -0.339 e. The van der Waals surface area contributed by atoms with Crippen LogP contribution in [0.3, 0.4) is 0 Å². The van der Waals surface area contributed by atoms with Crippen LogP contribution in [0.1, 0.15) is 45.1 Å². The van der Waals surface area contributed by atoms with E-state index in [9.17, 15) is 4.79 Å². The molecule has 1 aromatic heterocycles. The first kappa shape index (κ1) is 21.0. The monoisotopic (exact) mass is 371 g/mol. The molecular formula is C21H33N5O. The summed E-state index contributed by atoms with van der Waals surface area (Å²) in [6.07, 6.45) is 9.45. The Labute approximate surface area is 162 Å². The highest BCUT2D eigenvalue weighted by atomic mass is 16.2. The second kappa shape index (κ2) is 9.55. The second-order valence-corrected chi connectivity index (χ2v) is 7.20. The number of carbonyl (C=O) groups excluding carboxylic acids is 1. The van der Waals surface area contributed by atoms with Gasteiger partial charge >= 0.3 is 0 Å². The number of carbonyl (C=O) groups is 1. The number of amides is 1. The van der Waals surface area contributed by atoms with Gasteiger partial charge in [-0.05, 0) is 52.0 Å². The number of aryl methyl sites for hydroxylation is 1. The third-order valence-electron chi connectivity index (χ3n) is 5.32. The van der Waals surface area contributed by atoms with Crippen molar-refractivity contribution in [2.45, 2.75) is 46.1 Å². The molecule has 0 bridgehead atoms. The smallest absolute Gasteiger partial charge is 0.230 e. The van der Waals surface area contributed by atoms with E-state index >= 15 is 0 Å². The zero-order chi connectivity index (χ0) is 20.0. The molecule has 3 N–H and O–H groups in total. The maximum Gasteiger partial charge on any atom is 0.230 e. The van der Waals surface area contributed by atoms with Gasteiger partial charge in [-0.3, -0.25) is 9.48 Å². The first-order valence-electron chi connectivity index (χ1n) is 9.68. The number of hydrogen-bond acceptors (Lipinski definition) is 4. The van der Waals surface area contributed by atoms with Crippen molar-refractivity contribution in [3.05, 3.63) is 48.5 Å². The molecule has 0 atom stereocenters. The number of nitrogens with one attached hydrogen (secondary N) is 1. The van der Waals surface area contributed by atoms with Crippen molar-refractivity contribution < 1.29 is 4.79 Å². The maximum atomic E-state index is 13.1. The van der Waals surface area contributed by atoms with Gasteiger partial charge in [-0.2, -0.15) is 5.10 Å². The van der Waals surface area contributed by atoms with Crippen LogP contribution < -0.4 is 11.1 Å². The van der Waals surface area contributed by atoms with Crippen LogP contribution in [0.5, 0.6) is 0 Å². The van der Waals surface area contributed by atoms with E-state index in [-0.39, 0.29) is 11.8 Å². The number of fused-ring (bicyclic) bond motifs is 1. The Kier molecular flexibility index (Phi) is 7.42. The molecule has 1 amide bonds. The molecule has 2 aliphatic rings. The van der Waals surface area contributed by atoms with E-state index < -0.39 is 0 Å². The Morgan fingerprint density at radius 3 is 2.56 bits per heavy atom. The second-order valence-electron chi connectivity index (χ2n) is 7.20. The molecular weight excluding hydrogens is 338 g/mol. The molecule has 27 heavy (non-hydrogen) atoms. The molecule has 3 rings (SSSR count). The third kappa shape index (κ3) is 4.69. The summed E-state index contributed by atoms with van der Waals surface area (Å²) in [7, 11) is 1.90. The predicted octanol–water partition coefficient (Wildman–Crippen LogP) is 3.55. The van der Waals surface area contributed by atoms with Gasteiger partial charge in [0.05, 0.1) is 24.1 Å². The SMILES string of the molecule is C=C1/C(=C\C)Nc2c(cnn2C)CN1C(=O)C1CCC(CN)CC1.C=CC. The zero-order valence-corrected chi connectivity index (χ0v) is 16.9. The summed E-state index contributed by atoms with van der Waals surface area (Å²) in [6.45, 7) is 12.6. The zero-order valence-electron chi connectivity index (χ0n) is 16.9. The molecule has 6 heteroatoms. The minimum atomic E-state index is 0.0703. The lowest BCUT2D eigenvalue weighted by molar-refractivity contribution is -0.135. The van der Waals surface area contributed by atoms with Gasteiger partial charge in [0, 0.05) is 18.5 Å². The van der Waals surface area contributed by atoms with Crippen molar-refractivity contribution in [1.29, 1.82) is 0 Å². The molecule has 0 unspecified atom stereocenters. The van der Waals surface area contributed by atoms with Crippen LogP contribution in [0.4, 0.5) is 5.82 Å². The summed E-state index contributed by atoms with van der Waals surface area (Å²) in [4.78, 5) is 15.0. The Balaban J connectivity index is 0.000000817. The first-order chi connectivity index (χ1) is 13.0. The van der Waals surface area contributed by atoms with Gasteiger partial charge in [-0.1, -0.05) is 18.7 Å². The molecule has 0 radical (unpaired) electrons. The Morgan fingerprint density at radius 2 is 2.00 bits per heavy atom. The lowest BCUT2D eigenvalue weighted by Gasteiger charge is -2.32. The number of nitrogens with zero attached hydrogens (tertiary/aromatic N) is 3. The summed E-state index contributed by atoms with van der Waals surface area (Å²) >= 11 is 0. The average molecular weight is 372 g/mol. The molecule has 6 nitrogen and oxygen atoms in total. The number of hydrogen-bond donors (Lipinski definition) is 2. The summed E-state index contributed by atoms with van der Waals surface area (Å²) < 4.78 is 1.80. The van der Waals surface area contributed by atoms with Crippen molar-refractivity contribution in [3.8, 4) is 0 Å². The van der Waals surface area contributed by atoms with E-state index in [0.29, 0.717) is 12.5 Å². The number of rotatable bonds is 2. The van der Waals surface area contributed by atoms with Crippen molar-refractivity contribution >= 4 is 11.7 Å². The van der Waals surface area contributed by atoms with Crippen molar-refractivity contribution in [2.75, 3.05) is 11.9 Å². The van der Waals surface area contributed by atoms with Gasteiger partial charge in [-0.25, -0.2) is 0 Å². The molecule has 1 saturated carbocycles. The Bertz CT molecular complexity index is 710. The van der Waals surface area contributed by atoms with E-state index in [1.807, 2.05) is 38.1 Å². The van der Waals surface area contributed by atoms with Crippen LogP contribution in [0.15, 0.2) is 42.9 Å². The molecule has 148 valence electrons. The van der Waals surface area contributed by atoms with Crippen molar-refractivity contribution in [2.24, 2.45) is 24.6 Å². The molecule has 1 aliphatic heterocycles. The molecule has 0 spiro atoms. The minimum absolute atomic E-state index is 0.0703. The van der Waals surface area contributed by atoms with Crippen LogP contribution in [0.2, 0.25) is 0 Å². The molecule has 1 aromatic rings. The van der Waals surface area contributed by atoms with Gasteiger partial charge in [0.1, 0.15) is 5.82 Å². The van der Waals surface area contributed by atoms with Crippen molar-refractivity contribution in [1.82, 2.24) is 14.7 Å². The molecule has 2 heterocycles. The number of aromatic nitrogens is 2. The van der Waals surface area contributed by atoms with E-state index in [1.165, 1.54) is 0 Å². The first-order valence-corrected chi connectivity index (χ1v) is 9.68. The number of allylic oxidation sites excluding steroid dienone is 2. The van der Waals surface area contributed by atoms with Gasteiger partial charge in [0.2, 0.25) is 5.91 Å². The van der Waals surface area contributed by atoms with Crippen LogP contribution in [0.25, 0.3) is 0 Å². The molecule has 1 aliphatic carbocycles. The fraction of sp³-hybridized carbons (Fsp3) is 0.524. The third-order valence-corrected chi connectivity index (χ3v) is 5.32. The van der Waals surface area contributed by atoms with Gasteiger partial charge in [0.25, 0.3) is 0 Å². The summed E-state index contributed by atoms with van der Waals surface area (Å²) in [6, 6.07) is 0. The topological polar surface area (TPSA) is 76.2 Å². The quantitative estimate of drug-likeness (QED) is 0.780. The highest BCUT2D eigenvalue weighted by Crippen LogP contribution is 2.34. The van der Waals surface area contributed by atoms with Crippen LogP contribution in [0, 0.1) is 11.8 Å². The Hall–Kier alpha value is -2.34. The van der Waals surface area contributed by atoms with Gasteiger partial charge < -0.3 is 16.0 Å². The molecule has 0 aromatic carbocycles. The van der Waals surface area contributed by atoms with Gasteiger partial charge in [-0.15, -0.1) is 6.58 Å². The lowest BCUT2D eigenvalue weighted by atomic mass is 9.81. The van der Waals surface area contributed by atoms with Crippen LogP contribution >= 0.6 is 0 Å². The average Bonchev–Trinajstić information content (AvgIpc) is 2.95. The summed E-state index contributed by atoms with van der Waals surface area (Å²) in [5.74, 6) is 1.74. The lowest BCUT2D eigenvalue weighted by Crippen LogP contribution is -2.37. The number of anilines is 1. The Morgan fingerprint density at radius 1 is 1.37 bits per heavy atom. The summed E-state index contributed by atoms with van der Waals surface area (Å²) in [5, 5.41) is 7.67. The van der Waals surface area contributed by atoms with E-state index in [4.69, 9.17) is 5.73 Å². The molecule has 1 fully saturated rings. The normalized spacial score (nSPS) is 23.6. The maximum absolute atomic E-state index is 13.1. The van der Waals surface area contributed by atoms with Crippen LogP contribution in [-0.2, 0) is 18.4 Å². The molecule has 0 saturated heterocycles. The number of nitrogens with two attached hydrogens (primary N) is 1. The fourth-order valence-corrected chi connectivity index (χ4v) is 3.69. The highest BCUT2D eigenvalue weighted by molar-refractivity contribution is 5.82.